The van der Waals surface area contributed by atoms with Crippen molar-refractivity contribution >= 4 is 0 Å². The Hall–Kier alpha value is 3.03. The van der Waals surface area contributed by atoms with E-state index >= 15 is 0 Å². The summed E-state index contributed by atoms with van der Waals surface area (Å²) in [6, 6.07) is 0. The van der Waals surface area contributed by atoms with Gasteiger partial charge >= 0.3 is 0 Å². The zero-order valence-electron chi connectivity index (χ0n) is 1.86. The maximum absolute atomic E-state index is 0. The van der Waals surface area contributed by atoms with Crippen LogP contribution >= 0.6 is 0 Å². The molecule has 19 valence electrons. The van der Waals surface area contributed by atoms with Gasteiger partial charge in [-0.1, -0.05) is 0 Å². The van der Waals surface area contributed by atoms with E-state index in [1.54, 1.807) is 0 Å². The second kappa shape index (κ2) is 16.6. The van der Waals surface area contributed by atoms with Crippen LogP contribution in [0.2, 0.25) is 0 Å². The van der Waals surface area contributed by atoms with E-state index in [9.17, 15) is 0 Å². The van der Waals surface area contributed by atoms with Gasteiger partial charge in [-0.3, -0.25) is 0 Å². The van der Waals surface area contributed by atoms with E-state index in [1.807, 2.05) is 0 Å². The molecule has 1 radical (unpaired) electrons. The van der Waals surface area contributed by atoms with E-state index in [1.165, 1.54) is 0 Å². The standard InChI is InChI=1S/Mo.Nb.Ti.Zr. The molecule has 0 atom stereocenters. The molecule has 0 aliphatic rings. The van der Waals surface area contributed by atoms with Crippen molar-refractivity contribution < 1.29 is 91.4 Å². The van der Waals surface area contributed by atoms with Crippen molar-refractivity contribution in [2.24, 2.45) is 0 Å². The summed E-state index contributed by atoms with van der Waals surface area (Å²) >= 11 is 0. The predicted octanol–water partition coefficient (Wildman–Crippen LogP) is -0.0100. The molecule has 0 aliphatic heterocycles. The summed E-state index contributed by atoms with van der Waals surface area (Å²) in [5, 5.41) is 0. The molecular formula is MoNbTiZr. The molecule has 4 heavy (non-hydrogen) atoms. The first-order valence-electron chi connectivity index (χ1n) is 0. The molecule has 0 aliphatic carbocycles. The molecule has 0 spiro atoms. The monoisotopic (exact) mass is 329 g/mol. The Morgan fingerprint density at radius 2 is 1.00 bits per heavy atom. The third kappa shape index (κ3) is 8.90. The zero-order valence-corrected chi connectivity index (χ0v) is 10.1. The maximum atomic E-state index is 0. The average molecular weight is 328 g/mol. The van der Waals surface area contributed by atoms with Gasteiger partial charge in [0.05, 0.1) is 0 Å². The fraction of sp³-hybridized carbons (Fsp3) is 0. The Kier molecular flexibility index (Phi) is 116. The van der Waals surface area contributed by atoms with E-state index in [-0.39, 0.29) is 91.4 Å². The fourth-order valence-electron chi connectivity index (χ4n) is 0. The fourth-order valence-corrected chi connectivity index (χ4v) is 0. The molecule has 0 saturated heterocycles. The van der Waals surface area contributed by atoms with Gasteiger partial charge < -0.3 is 0 Å². The largest absolute Gasteiger partial charge is 0 e. The van der Waals surface area contributed by atoms with Crippen LogP contribution in [0, 0.1) is 0 Å². The van der Waals surface area contributed by atoms with Crippen molar-refractivity contribution in [3.63, 3.8) is 0 Å². The summed E-state index contributed by atoms with van der Waals surface area (Å²) in [6.07, 6.45) is 0. The molecule has 0 fully saturated rings. The molecular weight excluding hydrogens is 328 g/mol. The SMILES string of the molecule is [Mo].[Nb].[Ti].[Zr]. The predicted molar refractivity (Wildman–Crippen MR) is 0 cm³/mol. The van der Waals surface area contributed by atoms with Crippen molar-refractivity contribution in [3.8, 4) is 0 Å². The van der Waals surface area contributed by atoms with Gasteiger partial charge in [-0.05, 0) is 0 Å². The van der Waals surface area contributed by atoms with Crippen LogP contribution in [0.1, 0.15) is 0 Å². The first-order chi connectivity index (χ1) is 0. The first kappa shape index (κ1) is 27.9. The first-order valence-corrected chi connectivity index (χ1v) is 0. The van der Waals surface area contributed by atoms with Crippen LogP contribution in [0.5, 0.6) is 0 Å². The normalized spacial score (nSPS) is 0. The Morgan fingerprint density at radius 3 is 1.00 bits per heavy atom. The molecule has 0 nitrogen and oxygen atoms in total. The van der Waals surface area contributed by atoms with Gasteiger partial charge in [0.25, 0.3) is 0 Å². The van der Waals surface area contributed by atoms with E-state index in [0.717, 1.165) is 0 Å². The van der Waals surface area contributed by atoms with Crippen LogP contribution in [-0.2, 0) is 91.4 Å². The van der Waals surface area contributed by atoms with Gasteiger partial charge in [0.2, 0.25) is 0 Å². The van der Waals surface area contributed by atoms with Crippen LogP contribution in [0.4, 0.5) is 0 Å². The molecule has 4 heteroatoms. The van der Waals surface area contributed by atoms with Crippen LogP contribution in [0.3, 0.4) is 0 Å². The molecule has 0 aromatic heterocycles. The second-order valence-electron chi connectivity index (χ2n) is 0. The van der Waals surface area contributed by atoms with Crippen LogP contribution in [0.15, 0.2) is 0 Å². The maximum Gasteiger partial charge on any atom is 0 e. The molecule has 0 saturated carbocycles. The van der Waals surface area contributed by atoms with E-state index in [0.29, 0.717) is 0 Å². The Morgan fingerprint density at radius 1 is 1.00 bits per heavy atom. The van der Waals surface area contributed by atoms with E-state index in [4.69, 9.17) is 0 Å². The Labute approximate surface area is 89.6 Å². The molecule has 0 heterocycles. The smallest absolute Gasteiger partial charge is 0 e. The van der Waals surface area contributed by atoms with Crippen molar-refractivity contribution in [1.29, 1.82) is 0 Å². The summed E-state index contributed by atoms with van der Waals surface area (Å²) in [5.41, 5.74) is 0. The quantitative estimate of drug-likeness (QED) is 0.549. The molecule has 0 unspecified atom stereocenters. The van der Waals surface area contributed by atoms with Crippen molar-refractivity contribution in [2.75, 3.05) is 0 Å². The molecule has 0 rings (SSSR count). The minimum absolute atomic E-state index is 0. The number of hydrogen-bond donors (Lipinski definition) is 0. The third-order valence-corrected chi connectivity index (χ3v) is 0. The molecule has 0 amide bonds. The second-order valence-corrected chi connectivity index (χ2v) is 0. The van der Waals surface area contributed by atoms with Crippen LogP contribution in [0.25, 0.3) is 0 Å². The topological polar surface area (TPSA) is 0 Å². The molecule has 0 aromatic carbocycles. The van der Waals surface area contributed by atoms with E-state index in [2.05, 4.69) is 0 Å². The van der Waals surface area contributed by atoms with Crippen molar-refractivity contribution in [1.82, 2.24) is 0 Å². The summed E-state index contributed by atoms with van der Waals surface area (Å²) in [4.78, 5) is 0. The van der Waals surface area contributed by atoms with Crippen LogP contribution in [-0.4, -0.2) is 0 Å². The molecule has 0 aromatic rings. The van der Waals surface area contributed by atoms with Gasteiger partial charge in [0.15, 0.2) is 0 Å². The molecule has 0 N–H and O–H groups in total. The van der Waals surface area contributed by atoms with Crippen LogP contribution < -0.4 is 0 Å². The summed E-state index contributed by atoms with van der Waals surface area (Å²) in [5.74, 6) is 0. The summed E-state index contributed by atoms with van der Waals surface area (Å²) in [7, 11) is 0. The van der Waals surface area contributed by atoms with Gasteiger partial charge in [0.1, 0.15) is 0 Å². The summed E-state index contributed by atoms with van der Waals surface area (Å²) in [6.45, 7) is 0. The minimum atomic E-state index is 0. The molecule has 0 bridgehead atoms. The van der Waals surface area contributed by atoms with Gasteiger partial charge in [-0.2, -0.15) is 0 Å². The minimum Gasteiger partial charge on any atom is 0 e. The van der Waals surface area contributed by atoms with Gasteiger partial charge in [-0.15, -0.1) is 0 Å². The number of hydrogen-bond acceptors (Lipinski definition) is 0. The Bertz CT molecular complexity index is 8.00. The summed E-state index contributed by atoms with van der Waals surface area (Å²) < 4.78 is 0. The van der Waals surface area contributed by atoms with Gasteiger partial charge in [-0.25, -0.2) is 0 Å². The average Bonchev–Trinajstić information content (AvgIpc) is 0. The van der Waals surface area contributed by atoms with Gasteiger partial charge in [0, 0.05) is 91.4 Å². The Balaban J connectivity index is 0. The zero-order chi connectivity index (χ0) is 0. The van der Waals surface area contributed by atoms with Crippen molar-refractivity contribution in [3.05, 3.63) is 0 Å². The number of rotatable bonds is 0. The van der Waals surface area contributed by atoms with E-state index < -0.39 is 0 Å². The third-order valence-electron chi connectivity index (χ3n) is 0. The van der Waals surface area contributed by atoms with Crippen molar-refractivity contribution in [2.45, 2.75) is 0 Å².